The van der Waals surface area contributed by atoms with Crippen molar-refractivity contribution in [2.45, 2.75) is 51.2 Å². The Bertz CT molecular complexity index is 478. The highest BCUT2D eigenvalue weighted by Gasteiger charge is 2.50. The molecule has 0 N–H and O–H groups in total. The molecule has 1 fully saturated rings. The van der Waals surface area contributed by atoms with E-state index in [9.17, 15) is 18.0 Å². The minimum atomic E-state index is -3.64. The van der Waals surface area contributed by atoms with Crippen molar-refractivity contribution < 1.29 is 27.5 Å². The van der Waals surface area contributed by atoms with Gasteiger partial charge in [0, 0.05) is 0 Å². The Morgan fingerprint density at radius 2 is 1.86 bits per heavy atom. The topological polar surface area (TPSA) is 86.7 Å². The van der Waals surface area contributed by atoms with Gasteiger partial charge in [-0.05, 0) is 31.6 Å². The van der Waals surface area contributed by atoms with Crippen LogP contribution in [0.1, 0.15) is 46.0 Å². The molecule has 0 aromatic rings. The molecule has 0 aromatic carbocycles. The number of hydrogen-bond donors (Lipinski definition) is 0. The van der Waals surface area contributed by atoms with Crippen LogP contribution in [-0.2, 0) is 28.9 Å². The van der Waals surface area contributed by atoms with Gasteiger partial charge in [0.25, 0.3) is 0 Å². The van der Waals surface area contributed by atoms with E-state index in [1.54, 1.807) is 6.92 Å². The number of esters is 2. The van der Waals surface area contributed by atoms with Crippen molar-refractivity contribution >= 4 is 21.8 Å². The third kappa shape index (κ3) is 4.98. The molecule has 0 bridgehead atoms. The first-order valence-corrected chi connectivity index (χ1v) is 8.97. The summed E-state index contributed by atoms with van der Waals surface area (Å²) in [5, 5.41) is -1.13. The second kappa shape index (κ2) is 7.24. The van der Waals surface area contributed by atoms with Crippen LogP contribution in [0.15, 0.2) is 0 Å². The van der Waals surface area contributed by atoms with Gasteiger partial charge in [-0.25, -0.2) is 8.42 Å². The third-order valence-corrected chi connectivity index (χ3v) is 6.06. The van der Waals surface area contributed by atoms with E-state index < -0.39 is 32.4 Å². The molecular weight excluding hydrogens is 296 g/mol. The fraction of sp³-hybridized carbons (Fsp3) is 0.857. The highest BCUT2D eigenvalue weighted by atomic mass is 32.2. The molecule has 122 valence electrons. The summed E-state index contributed by atoms with van der Waals surface area (Å²) >= 11 is 0. The summed E-state index contributed by atoms with van der Waals surface area (Å²) in [5.41, 5.74) is -0.551. The second-order valence-corrected chi connectivity index (χ2v) is 7.77. The van der Waals surface area contributed by atoms with Crippen LogP contribution >= 0.6 is 0 Å². The van der Waals surface area contributed by atoms with Crippen LogP contribution in [0.3, 0.4) is 0 Å². The first-order chi connectivity index (χ1) is 9.80. The Labute approximate surface area is 126 Å². The minimum absolute atomic E-state index is 0.0877. The first-order valence-electron chi connectivity index (χ1n) is 7.25. The quantitative estimate of drug-likeness (QED) is 0.598. The predicted molar refractivity (Wildman–Crippen MR) is 77.4 cm³/mol. The van der Waals surface area contributed by atoms with Gasteiger partial charge in [0.15, 0.2) is 15.1 Å². The van der Waals surface area contributed by atoms with Gasteiger partial charge in [0.2, 0.25) is 0 Å². The number of ether oxygens (including phenoxy) is 2. The zero-order valence-corrected chi connectivity index (χ0v) is 13.7. The smallest absolute Gasteiger partial charge is 0.324 e. The molecule has 0 heterocycles. The standard InChI is InChI=1S/C14H24O6S/c1-4-6-11(13(16)20-5-2)21(17,18)10-14(7-8-14)9-12(15)19-3/h11H,4-10H2,1-3H3. The van der Waals surface area contributed by atoms with Gasteiger partial charge in [-0.3, -0.25) is 9.59 Å². The van der Waals surface area contributed by atoms with Crippen LogP contribution < -0.4 is 0 Å². The molecule has 0 aromatic heterocycles. The van der Waals surface area contributed by atoms with Crippen LogP contribution in [-0.4, -0.2) is 45.1 Å². The number of carbonyl (C=O) groups excluding carboxylic acids is 2. The molecule has 0 radical (unpaired) electrons. The molecule has 0 aliphatic heterocycles. The molecule has 0 spiro atoms. The van der Waals surface area contributed by atoms with Gasteiger partial charge in [-0.2, -0.15) is 0 Å². The van der Waals surface area contributed by atoms with Crippen molar-refractivity contribution in [3.8, 4) is 0 Å². The van der Waals surface area contributed by atoms with Crippen molar-refractivity contribution in [2.24, 2.45) is 5.41 Å². The average molecular weight is 320 g/mol. The predicted octanol–water partition coefficient (Wildman–Crippen LogP) is 1.48. The van der Waals surface area contributed by atoms with Crippen molar-refractivity contribution in [2.75, 3.05) is 19.5 Å². The summed E-state index contributed by atoms with van der Waals surface area (Å²) in [6.45, 7) is 3.62. The van der Waals surface area contributed by atoms with Crippen LogP contribution in [0.5, 0.6) is 0 Å². The van der Waals surface area contributed by atoms with Gasteiger partial charge in [-0.15, -0.1) is 0 Å². The van der Waals surface area contributed by atoms with Crippen LogP contribution in [0.4, 0.5) is 0 Å². The molecular formula is C14H24O6S. The monoisotopic (exact) mass is 320 g/mol. The minimum Gasteiger partial charge on any atom is -0.469 e. The van der Waals surface area contributed by atoms with Gasteiger partial charge in [0.1, 0.15) is 0 Å². The fourth-order valence-corrected chi connectivity index (χ4v) is 4.80. The lowest BCUT2D eigenvalue weighted by atomic mass is 10.1. The summed E-state index contributed by atoms with van der Waals surface area (Å²) in [6, 6.07) is 0. The van der Waals surface area contributed by atoms with Gasteiger partial charge < -0.3 is 9.47 Å². The van der Waals surface area contributed by atoms with Crippen LogP contribution in [0, 0.1) is 5.41 Å². The summed E-state index contributed by atoms with van der Waals surface area (Å²) in [6.07, 6.45) is 2.25. The molecule has 1 rings (SSSR count). The average Bonchev–Trinajstić information content (AvgIpc) is 3.14. The van der Waals surface area contributed by atoms with E-state index in [1.165, 1.54) is 7.11 Å². The lowest BCUT2D eigenvalue weighted by Crippen LogP contribution is -2.36. The second-order valence-electron chi connectivity index (χ2n) is 5.59. The zero-order chi connectivity index (χ0) is 16.1. The molecule has 1 unspecified atom stereocenters. The molecule has 21 heavy (non-hydrogen) atoms. The van der Waals surface area contributed by atoms with Crippen molar-refractivity contribution in [3.63, 3.8) is 0 Å². The lowest BCUT2D eigenvalue weighted by molar-refractivity contribution is -0.143. The number of methoxy groups -OCH3 is 1. The molecule has 1 saturated carbocycles. The summed E-state index contributed by atoms with van der Waals surface area (Å²) in [4.78, 5) is 23.2. The van der Waals surface area contributed by atoms with Crippen molar-refractivity contribution in [1.29, 1.82) is 0 Å². The lowest BCUT2D eigenvalue weighted by Gasteiger charge is -2.19. The molecule has 0 amide bonds. The Balaban J connectivity index is 2.82. The Morgan fingerprint density at radius 1 is 1.24 bits per heavy atom. The maximum Gasteiger partial charge on any atom is 0.324 e. The summed E-state index contributed by atoms with van der Waals surface area (Å²) in [5.74, 6) is -1.25. The number of carbonyl (C=O) groups is 2. The van der Waals surface area contributed by atoms with E-state index in [2.05, 4.69) is 4.74 Å². The molecule has 1 aliphatic rings. The van der Waals surface area contributed by atoms with Gasteiger partial charge in [-0.1, -0.05) is 13.3 Å². The fourth-order valence-electron chi connectivity index (χ4n) is 2.40. The number of hydrogen-bond acceptors (Lipinski definition) is 6. The van der Waals surface area contributed by atoms with Gasteiger partial charge >= 0.3 is 11.9 Å². The Hall–Kier alpha value is -1.11. The molecule has 0 saturated heterocycles. The van der Waals surface area contributed by atoms with Crippen LogP contribution in [0.25, 0.3) is 0 Å². The van der Waals surface area contributed by atoms with Crippen molar-refractivity contribution in [3.05, 3.63) is 0 Å². The Morgan fingerprint density at radius 3 is 2.29 bits per heavy atom. The SMILES string of the molecule is CCCC(C(=O)OCC)S(=O)(=O)CC1(CC(=O)OC)CC1. The largest absolute Gasteiger partial charge is 0.469 e. The maximum atomic E-state index is 12.5. The van der Waals surface area contributed by atoms with E-state index in [0.717, 1.165) is 0 Å². The van der Waals surface area contributed by atoms with Gasteiger partial charge in [0.05, 0.1) is 25.9 Å². The molecule has 1 aliphatic carbocycles. The number of rotatable bonds is 9. The highest BCUT2D eigenvalue weighted by molar-refractivity contribution is 7.92. The van der Waals surface area contributed by atoms with E-state index in [-0.39, 0.29) is 25.2 Å². The molecule has 7 heteroatoms. The van der Waals surface area contributed by atoms with E-state index >= 15 is 0 Å². The van der Waals surface area contributed by atoms with Crippen LogP contribution in [0.2, 0.25) is 0 Å². The zero-order valence-electron chi connectivity index (χ0n) is 12.9. The normalized spacial score (nSPS) is 17.9. The summed E-state index contributed by atoms with van der Waals surface area (Å²) < 4.78 is 34.5. The third-order valence-electron chi connectivity index (χ3n) is 3.75. The van der Waals surface area contributed by atoms with E-state index in [1.807, 2.05) is 6.92 Å². The first kappa shape index (κ1) is 17.9. The molecule has 6 nitrogen and oxygen atoms in total. The highest BCUT2D eigenvalue weighted by Crippen LogP contribution is 2.50. The summed E-state index contributed by atoms with van der Waals surface area (Å²) in [7, 11) is -2.35. The van der Waals surface area contributed by atoms with Crippen molar-refractivity contribution in [1.82, 2.24) is 0 Å². The van der Waals surface area contributed by atoms with E-state index in [0.29, 0.717) is 19.3 Å². The Kier molecular flexibility index (Phi) is 6.19. The number of sulfone groups is 1. The maximum absolute atomic E-state index is 12.5. The molecule has 1 atom stereocenters. The van der Waals surface area contributed by atoms with E-state index in [4.69, 9.17) is 4.74 Å².